The zero-order chi connectivity index (χ0) is 20.3. The van der Waals surface area contributed by atoms with Crippen molar-refractivity contribution < 1.29 is 14.0 Å². The summed E-state index contributed by atoms with van der Waals surface area (Å²) in [7, 11) is 1.60. The van der Waals surface area contributed by atoms with E-state index in [0.29, 0.717) is 17.0 Å². The van der Waals surface area contributed by atoms with E-state index in [1.807, 2.05) is 0 Å². The molecule has 0 radical (unpaired) electrons. The lowest BCUT2D eigenvalue weighted by Crippen LogP contribution is -2.50. The zero-order valence-corrected chi connectivity index (χ0v) is 15.6. The van der Waals surface area contributed by atoms with Gasteiger partial charge >= 0.3 is 6.03 Å². The zero-order valence-electron chi connectivity index (χ0n) is 15.6. The summed E-state index contributed by atoms with van der Waals surface area (Å²) < 4.78 is 14.5. The number of hydrogen-bond donors (Lipinski definition) is 2. The molecule has 6 nitrogen and oxygen atoms in total. The van der Waals surface area contributed by atoms with E-state index in [1.165, 1.54) is 11.0 Å². The molecule has 3 amide bonds. The van der Waals surface area contributed by atoms with Crippen LogP contribution in [0, 0.1) is 5.82 Å². The predicted octanol–water partition coefficient (Wildman–Crippen LogP) is 2.84. The largest absolute Gasteiger partial charge is 0.332 e. The molecule has 0 bridgehead atoms. The molecule has 3 rings (SSSR count). The minimum absolute atomic E-state index is 0.254. The van der Waals surface area contributed by atoms with Crippen molar-refractivity contribution >= 4 is 23.3 Å². The summed E-state index contributed by atoms with van der Waals surface area (Å²) in [6.07, 6.45) is 0.355. The first kappa shape index (κ1) is 19.3. The fraction of sp³-hybridized carbons (Fsp3) is 0.190. The van der Waals surface area contributed by atoms with Gasteiger partial charge in [-0.3, -0.25) is 4.79 Å². The Hall–Kier alpha value is -3.48. The molecule has 1 aliphatic heterocycles. The molecule has 2 aromatic rings. The van der Waals surface area contributed by atoms with Gasteiger partial charge in [0.25, 0.3) is 5.91 Å². The summed E-state index contributed by atoms with van der Waals surface area (Å²) in [5, 5.41) is 5.20. The molecule has 2 unspecified atom stereocenters. The van der Waals surface area contributed by atoms with Crippen molar-refractivity contribution in [3.05, 3.63) is 78.1 Å². The number of carbonyl (C=O) groups is 2. The van der Waals surface area contributed by atoms with Crippen molar-refractivity contribution in [2.75, 3.05) is 11.9 Å². The van der Waals surface area contributed by atoms with Gasteiger partial charge in [0, 0.05) is 24.2 Å². The lowest BCUT2D eigenvalue weighted by atomic mass is 10.00. The van der Waals surface area contributed by atoms with Crippen LogP contribution in [-0.2, 0) is 4.79 Å². The molecule has 0 saturated heterocycles. The summed E-state index contributed by atoms with van der Waals surface area (Å²) in [6.45, 7) is 5.35. The van der Waals surface area contributed by atoms with Crippen LogP contribution in [0.5, 0.6) is 0 Å². The van der Waals surface area contributed by atoms with Crippen LogP contribution in [0.4, 0.5) is 14.9 Å². The van der Waals surface area contributed by atoms with E-state index in [0.717, 1.165) is 0 Å². The predicted molar refractivity (Wildman–Crippen MR) is 107 cm³/mol. The first-order valence-corrected chi connectivity index (χ1v) is 8.81. The van der Waals surface area contributed by atoms with Gasteiger partial charge in [-0.25, -0.2) is 14.2 Å². The number of likely N-dealkylation sites (N-methyl/N-ethyl adjacent to an activating group) is 1. The topological polar surface area (TPSA) is 73.8 Å². The van der Waals surface area contributed by atoms with E-state index in [1.54, 1.807) is 62.5 Å². The molecular weight excluding hydrogens is 359 g/mol. The maximum absolute atomic E-state index is 14.5. The van der Waals surface area contributed by atoms with Crippen molar-refractivity contribution in [1.29, 1.82) is 0 Å². The number of anilines is 1. The molecular formula is C21H21FN4O2. The Kier molecular flexibility index (Phi) is 5.54. The Morgan fingerprint density at radius 2 is 1.86 bits per heavy atom. The molecule has 0 saturated carbocycles. The van der Waals surface area contributed by atoms with Gasteiger partial charge in [0.1, 0.15) is 5.82 Å². The van der Waals surface area contributed by atoms with Gasteiger partial charge in [0.15, 0.2) is 0 Å². The average molecular weight is 380 g/mol. The molecule has 1 aliphatic rings. The first-order chi connectivity index (χ1) is 13.4. The quantitative estimate of drug-likeness (QED) is 0.801. The molecule has 144 valence electrons. The first-order valence-electron chi connectivity index (χ1n) is 8.81. The van der Waals surface area contributed by atoms with Crippen molar-refractivity contribution in [1.82, 2.24) is 10.6 Å². The van der Waals surface area contributed by atoms with E-state index in [4.69, 9.17) is 0 Å². The number of nitrogens with one attached hydrogen (secondary N) is 2. The van der Waals surface area contributed by atoms with E-state index < -0.39 is 23.9 Å². The Morgan fingerprint density at radius 3 is 2.54 bits per heavy atom. The number of fused-ring (bicyclic) bond motifs is 1. The number of aliphatic imine (C=N–C) groups is 1. The standard InChI is InChI=1S/C21H21FN4O2/c1-4-13(2)23-21(28)25-19-20(27)26(3)17-12-8-6-10-15(17)18(24-19)14-9-5-7-11-16(14)22/h4-13,19H,1H2,2-3H3,(H2,23,25,28). The number of amides is 3. The van der Waals surface area contributed by atoms with E-state index >= 15 is 0 Å². The van der Waals surface area contributed by atoms with Crippen molar-refractivity contribution in [3.8, 4) is 0 Å². The molecule has 1 heterocycles. The molecule has 2 aromatic carbocycles. The van der Waals surface area contributed by atoms with Crippen LogP contribution in [0.25, 0.3) is 0 Å². The van der Waals surface area contributed by atoms with Crippen LogP contribution in [0.1, 0.15) is 18.1 Å². The van der Waals surface area contributed by atoms with Gasteiger partial charge in [0.2, 0.25) is 6.17 Å². The van der Waals surface area contributed by atoms with Crippen molar-refractivity contribution in [2.45, 2.75) is 19.1 Å². The van der Waals surface area contributed by atoms with E-state index in [9.17, 15) is 14.0 Å². The third kappa shape index (κ3) is 3.78. The number of urea groups is 1. The van der Waals surface area contributed by atoms with Crippen molar-refractivity contribution in [3.63, 3.8) is 0 Å². The third-order valence-electron chi connectivity index (χ3n) is 4.45. The lowest BCUT2D eigenvalue weighted by Gasteiger charge is -2.21. The SMILES string of the molecule is C=CC(C)NC(=O)NC1N=C(c2ccccc2F)c2ccccc2N(C)C1=O. The van der Waals surface area contributed by atoms with Crippen LogP contribution in [0.3, 0.4) is 0 Å². The molecule has 0 aromatic heterocycles. The highest BCUT2D eigenvalue weighted by atomic mass is 19.1. The van der Waals surface area contributed by atoms with Crippen LogP contribution in [0.2, 0.25) is 0 Å². The average Bonchev–Trinajstić information content (AvgIpc) is 2.79. The molecule has 0 aliphatic carbocycles. The molecule has 0 spiro atoms. The fourth-order valence-corrected chi connectivity index (χ4v) is 2.92. The summed E-state index contributed by atoms with van der Waals surface area (Å²) >= 11 is 0. The monoisotopic (exact) mass is 380 g/mol. The summed E-state index contributed by atoms with van der Waals surface area (Å²) in [6, 6.07) is 12.5. The van der Waals surface area contributed by atoms with Gasteiger partial charge < -0.3 is 15.5 Å². The van der Waals surface area contributed by atoms with Gasteiger partial charge in [0.05, 0.1) is 11.4 Å². The van der Waals surface area contributed by atoms with Gasteiger partial charge in [-0.1, -0.05) is 36.4 Å². The number of benzodiazepines with no additional fused rings is 1. The van der Waals surface area contributed by atoms with Crippen LogP contribution >= 0.6 is 0 Å². The highest BCUT2D eigenvalue weighted by Gasteiger charge is 2.31. The fourth-order valence-electron chi connectivity index (χ4n) is 2.92. The third-order valence-corrected chi connectivity index (χ3v) is 4.45. The Morgan fingerprint density at radius 1 is 1.21 bits per heavy atom. The normalized spacial score (nSPS) is 17.1. The Balaban J connectivity index is 2.08. The number of nitrogens with zero attached hydrogens (tertiary/aromatic N) is 2. The van der Waals surface area contributed by atoms with E-state index in [2.05, 4.69) is 22.2 Å². The number of halogens is 1. The molecule has 2 N–H and O–H groups in total. The number of carbonyl (C=O) groups excluding carboxylic acids is 2. The highest BCUT2D eigenvalue weighted by Crippen LogP contribution is 2.27. The maximum atomic E-state index is 14.5. The second-order valence-electron chi connectivity index (χ2n) is 6.42. The highest BCUT2D eigenvalue weighted by molar-refractivity contribution is 6.20. The van der Waals surface area contributed by atoms with Crippen LogP contribution in [0.15, 0.2) is 66.2 Å². The van der Waals surface area contributed by atoms with Gasteiger partial charge in [-0.2, -0.15) is 0 Å². The lowest BCUT2D eigenvalue weighted by molar-refractivity contribution is -0.119. The summed E-state index contributed by atoms with van der Waals surface area (Å²) in [5.74, 6) is -0.892. The van der Waals surface area contributed by atoms with Gasteiger partial charge in [-0.05, 0) is 25.1 Å². The smallest absolute Gasteiger partial charge is 0.317 e. The second kappa shape index (κ2) is 8.04. The Labute approximate surface area is 162 Å². The van der Waals surface area contributed by atoms with E-state index in [-0.39, 0.29) is 11.6 Å². The van der Waals surface area contributed by atoms with Crippen LogP contribution in [-0.4, -0.2) is 36.9 Å². The minimum Gasteiger partial charge on any atom is -0.332 e. The van der Waals surface area contributed by atoms with Crippen molar-refractivity contribution in [2.24, 2.45) is 4.99 Å². The molecule has 7 heteroatoms. The molecule has 2 atom stereocenters. The molecule has 28 heavy (non-hydrogen) atoms. The molecule has 0 fully saturated rings. The minimum atomic E-state index is -1.20. The van der Waals surface area contributed by atoms with Crippen LogP contribution < -0.4 is 15.5 Å². The van der Waals surface area contributed by atoms with Gasteiger partial charge in [-0.15, -0.1) is 6.58 Å². The second-order valence-corrected chi connectivity index (χ2v) is 6.42. The number of rotatable bonds is 4. The Bertz CT molecular complexity index is 957. The number of benzene rings is 2. The number of hydrogen-bond acceptors (Lipinski definition) is 3. The summed E-state index contributed by atoms with van der Waals surface area (Å²) in [5.41, 5.74) is 1.74. The maximum Gasteiger partial charge on any atom is 0.317 e. The number of para-hydroxylation sites is 1. The summed E-state index contributed by atoms with van der Waals surface area (Å²) in [4.78, 5) is 31.0.